The molecule has 0 aliphatic heterocycles. The largest absolute Gasteiger partial charge is 0.378 e. The van der Waals surface area contributed by atoms with Crippen molar-refractivity contribution in [3.63, 3.8) is 0 Å². The van der Waals surface area contributed by atoms with Gasteiger partial charge in [0.2, 0.25) is 11.8 Å². The van der Waals surface area contributed by atoms with Gasteiger partial charge in [-0.3, -0.25) is 19.7 Å². The molecule has 0 aromatic heterocycles. The van der Waals surface area contributed by atoms with E-state index in [1.807, 2.05) is 0 Å². The van der Waals surface area contributed by atoms with E-state index in [4.69, 9.17) is 0 Å². The molecule has 5 rings (SSSR count). The number of nitrogens with zero attached hydrogens (tertiary/aromatic N) is 1. The zero-order valence-corrected chi connectivity index (χ0v) is 16.5. The number of amides is 2. The predicted octanol–water partition coefficient (Wildman–Crippen LogP) is 2.46. The van der Waals surface area contributed by atoms with Gasteiger partial charge >= 0.3 is 0 Å². The highest BCUT2D eigenvalue weighted by molar-refractivity contribution is 5.88. The molecule has 0 atom stereocenters. The predicted molar refractivity (Wildman–Crippen MR) is 108 cm³/mol. The van der Waals surface area contributed by atoms with Crippen LogP contribution in [0.1, 0.15) is 38.5 Å². The quantitative estimate of drug-likeness (QED) is 0.352. The molecule has 0 radical (unpaired) electrons. The minimum atomic E-state index is -0.444. The summed E-state index contributed by atoms with van der Waals surface area (Å²) in [6.07, 6.45) is 6.77. The topological polar surface area (TPSA) is 113 Å². The van der Waals surface area contributed by atoms with E-state index in [1.54, 1.807) is 18.2 Å². The van der Waals surface area contributed by atoms with E-state index in [9.17, 15) is 19.7 Å². The number of anilines is 1. The Morgan fingerprint density at radius 2 is 1.62 bits per heavy atom. The van der Waals surface area contributed by atoms with Crippen LogP contribution in [-0.2, 0) is 9.59 Å². The number of benzene rings is 1. The third kappa shape index (κ3) is 4.21. The van der Waals surface area contributed by atoms with Gasteiger partial charge in [-0.1, -0.05) is 12.1 Å². The molecule has 2 amide bonds. The Bertz CT molecular complexity index is 774. The van der Waals surface area contributed by atoms with Crippen molar-refractivity contribution in [1.82, 2.24) is 10.6 Å². The Hall–Kier alpha value is -2.64. The van der Waals surface area contributed by atoms with E-state index in [1.165, 1.54) is 25.3 Å². The zero-order chi connectivity index (χ0) is 20.4. The fourth-order valence-electron chi connectivity index (χ4n) is 5.98. The van der Waals surface area contributed by atoms with Crippen molar-refractivity contribution < 1.29 is 14.5 Å². The maximum atomic E-state index is 12.9. The Kier molecular flexibility index (Phi) is 5.43. The van der Waals surface area contributed by atoms with Crippen molar-refractivity contribution in [3.8, 4) is 0 Å². The van der Waals surface area contributed by atoms with E-state index >= 15 is 0 Å². The highest BCUT2D eigenvalue weighted by Gasteiger charge is 2.54. The third-order valence-electron chi connectivity index (χ3n) is 6.79. The number of nitrogens with one attached hydrogen (secondary N) is 3. The first-order valence-electron chi connectivity index (χ1n) is 10.5. The molecule has 4 aliphatic carbocycles. The summed E-state index contributed by atoms with van der Waals surface area (Å²) in [6.45, 7) is 0.656. The van der Waals surface area contributed by atoms with Crippen LogP contribution in [-0.4, -0.2) is 36.4 Å². The second kappa shape index (κ2) is 8.00. The Morgan fingerprint density at radius 3 is 2.24 bits per heavy atom. The molecule has 4 bridgehead atoms. The number of para-hydroxylation sites is 2. The first kappa shape index (κ1) is 19.7. The highest BCUT2D eigenvalue weighted by Crippen LogP contribution is 2.60. The molecule has 1 aromatic carbocycles. The summed E-state index contributed by atoms with van der Waals surface area (Å²) in [5.74, 6) is 1.87. The molecule has 29 heavy (non-hydrogen) atoms. The third-order valence-corrected chi connectivity index (χ3v) is 6.79. The van der Waals surface area contributed by atoms with Crippen LogP contribution in [0.5, 0.6) is 0 Å². The number of hydrogen-bond donors (Lipinski definition) is 3. The minimum Gasteiger partial charge on any atom is -0.378 e. The second-order valence-corrected chi connectivity index (χ2v) is 8.93. The molecule has 0 unspecified atom stereocenters. The number of carbonyl (C=O) groups excluding carboxylic acids is 2. The fourth-order valence-corrected chi connectivity index (χ4v) is 5.98. The van der Waals surface area contributed by atoms with Crippen LogP contribution < -0.4 is 16.0 Å². The van der Waals surface area contributed by atoms with Gasteiger partial charge in [-0.2, -0.15) is 0 Å². The first-order chi connectivity index (χ1) is 13.9. The summed E-state index contributed by atoms with van der Waals surface area (Å²) >= 11 is 0. The summed E-state index contributed by atoms with van der Waals surface area (Å²) in [5, 5.41) is 19.6. The van der Waals surface area contributed by atoms with Gasteiger partial charge in [0.15, 0.2) is 0 Å². The van der Waals surface area contributed by atoms with Gasteiger partial charge in [-0.25, -0.2) is 0 Å². The van der Waals surface area contributed by atoms with Crippen LogP contribution in [0.4, 0.5) is 11.4 Å². The van der Waals surface area contributed by atoms with E-state index < -0.39 is 4.92 Å². The average molecular weight is 400 g/mol. The van der Waals surface area contributed by atoms with Crippen molar-refractivity contribution in [2.45, 2.75) is 38.5 Å². The lowest BCUT2D eigenvalue weighted by atomic mass is 9.49. The second-order valence-electron chi connectivity index (χ2n) is 8.93. The van der Waals surface area contributed by atoms with Gasteiger partial charge in [-0.05, 0) is 62.3 Å². The number of nitro benzene ring substituents is 1. The summed E-state index contributed by atoms with van der Waals surface area (Å²) in [6, 6.07) is 6.39. The van der Waals surface area contributed by atoms with E-state index in [-0.39, 0.29) is 29.5 Å². The van der Waals surface area contributed by atoms with Crippen LogP contribution >= 0.6 is 0 Å². The molecule has 4 saturated carbocycles. The first-order valence-corrected chi connectivity index (χ1v) is 10.5. The van der Waals surface area contributed by atoms with E-state index in [2.05, 4.69) is 16.0 Å². The molecular formula is C21H28N4O4. The smallest absolute Gasteiger partial charge is 0.292 e. The average Bonchev–Trinajstić information content (AvgIpc) is 2.68. The number of nitro groups is 1. The molecule has 1 aromatic rings. The van der Waals surface area contributed by atoms with Crippen molar-refractivity contribution in [2.24, 2.45) is 23.2 Å². The highest BCUT2D eigenvalue weighted by atomic mass is 16.6. The van der Waals surface area contributed by atoms with Crippen LogP contribution in [0.15, 0.2) is 24.3 Å². The monoisotopic (exact) mass is 400 g/mol. The van der Waals surface area contributed by atoms with Gasteiger partial charge in [0.1, 0.15) is 5.69 Å². The number of rotatable bonds is 8. The van der Waals surface area contributed by atoms with E-state index in [0.717, 1.165) is 19.3 Å². The molecule has 0 saturated heterocycles. The van der Waals surface area contributed by atoms with Gasteiger partial charge in [0, 0.05) is 24.6 Å². The van der Waals surface area contributed by atoms with Crippen molar-refractivity contribution >= 4 is 23.2 Å². The molecule has 8 nitrogen and oxygen atoms in total. The Balaban J connectivity index is 1.19. The summed E-state index contributed by atoms with van der Waals surface area (Å²) in [5.41, 5.74) is 0.173. The lowest BCUT2D eigenvalue weighted by Gasteiger charge is -2.55. The number of carbonyl (C=O) groups is 2. The molecule has 8 heteroatoms. The van der Waals surface area contributed by atoms with Gasteiger partial charge in [0.25, 0.3) is 5.69 Å². The fraction of sp³-hybridized carbons (Fsp3) is 0.619. The minimum absolute atomic E-state index is 0.00154. The maximum Gasteiger partial charge on any atom is 0.292 e. The summed E-state index contributed by atoms with van der Waals surface area (Å²) < 4.78 is 0. The van der Waals surface area contributed by atoms with Gasteiger partial charge in [-0.15, -0.1) is 0 Å². The normalized spacial score (nSPS) is 29.3. The van der Waals surface area contributed by atoms with Crippen LogP contribution in [0.3, 0.4) is 0 Å². The lowest BCUT2D eigenvalue weighted by Crippen LogP contribution is -2.54. The summed E-state index contributed by atoms with van der Waals surface area (Å²) in [4.78, 5) is 35.5. The molecular weight excluding hydrogens is 372 g/mol. The molecule has 3 N–H and O–H groups in total. The standard InChI is InChI=1S/C21H28N4O4/c26-19(23-6-5-22-17-3-1-2-4-18(17)25(28)29)13-24-20(27)21-10-14-7-15(11-21)9-16(8-14)12-21/h1-4,14-16,22H,5-13H2,(H,23,26)(H,24,27). The Labute approximate surface area is 170 Å². The SMILES string of the molecule is O=C(CNC(=O)C12CC3CC(CC(C3)C1)C2)NCCNc1ccccc1[N+](=O)[O-]. The van der Waals surface area contributed by atoms with Gasteiger partial charge < -0.3 is 16.0 Å². The molecule has 0 heterocycles. The van der Waals surface area contributed by atoms with Crippen LogP contribution in [0, 0.1) is 33.3 Å². The van der Waals surface area contributed by atoms with Crippen molar-refractivity contribution in [2.75, 3.05) is 25.0 Å². The molecule has 156 valence electrons. The van der Waals surface area contributed by atoms with Crippen LogP contribution in [0.25, 0.3) is 0 Å². The molecule has 0 spiro atoms. The van der Waals surface area contributed by atoms with Crippen LogP contribution in [0.2, 0.25) is 0 Å². The zero-order valence-electron chi connectivity index (χ0n) is 16.5. The maximum absolute atomic E-state index is 12.9. The van der Waals surface area contributed by atoms with Crippen molar-refractivity contribution in [3.05, 3.63) is 34.4 Å². The van der Waals surface area contributed by atoms with Crippen molar-refractivity contribution in [1.29, 1.82) is 0 Å². The Morgan fingerprint density at radius 1 is 1.00 bits per heavy atom. The lowest BCUT2D eigenvalue weighted by molar-refractivity contribution is -0.384. The summed E-state index contributed by atoms with van der Waals surface area (Å²) in [7, 11) is 0. The number of hydrogen-bond acceptors (Lipinski definition) is 5. The molecule has 4 aliphatic rings. The van der Waals surface area contributed by atoms with Gasteiger partial charge in [0.05, 0.1) is 11.5 Å². The molecule has 4 fully saturated rings. The van der Waals surface area contributed by atoms with E-state index in [0.29, 0.717) is 36.5 Å².